The number of ether oxygens (including phenoxy) is 4. The van der Waals surface area contributed by atoms with E-state index in [1.54, 1.807) is 6.92 Å². The number of esters is 1. The van der Waals surface area contributed by atoms with Gasteiger partial charge in [0.1, 0.15) is 0 Å². The molecule has 100 valence electrons. The highest BCUT2D eigenvalue weighted by atomic mass is 16.7. The summed E-state index contributed by atoms with van der Waals surface area (Å²) in [5.74, 6) is 0.299. The lowest BCUT2D eigenvalue weighted by Crippen LogP contribution is -2.11. The van der Waals surface area contributed by atoms with Crippen molar-refractivity contribution in [1.82, 2.24) is 0 Å². The Bertz CT molecular complexity index is 419. The van der Waals surface area contributed by atoms with Crippen LogP contribution in [0.4, 0.5) is 5.69 Å². The minimum absolute atomic E-state index is 0.108. The van der Waals surface area contributed by atoms with E-state index in [9.17, 15) is 4.79 Å². The summed E-state index contributed by atoms with van der Waals surface area (Å²) in [6.07, 6.45) is 0. The first-order valence-corrected chi connectivity index (χ1v) is 5.40. The molecule has 0 saturated carbocycles. The van der Waals surface area contributed by atoms with Gasteiger partial charge in [-0.25, -0.2) is 4.79 Å². The van der Waals surface area contributed by atoms with Gasteiger partial charge in [-0.3, -0.25) is 0 Å². The summed E-state index contributed by atoms with van der Waals surface area (Å²) in [6, 6.07) is 2.98. The summed E-state index contributed by atoms with van der Waals surface area (Å²) < 4.78 is 20.0. The molecule has 18 heavy (non-hydrogen) atoms. The quantitative estimate of drug-likeness (QED) is 0.358. The molecule has 0 saturated heterocycles. The third-order valence-corrected chi connectivity index (χ3v) is 2.25. The normalized spacial score (nSPS) is 9.94. The summed E-state index contributed by atoms with van der Waals surface area (Å²) in [4.78, 5) is 11.7. The molecule has 0 heterocycles. The van der Waals surface area contributed by atoms with Crippen molar-refractivity contribution in [2.75, 3.05) is 33.4 Å². The lowest BCUT2D eigenvalue weighted by atomic mass is 10.1. The SMILES string of the molecule is CCOCOC(=O)c1cc(OC)c(OC)cc1N. The van der Waals surface area contributed by atoms with E-state index in [0.29, 0.717) is 18.1 Å². The minimum atomic E-state index is -0.568. The predicted octanol–water partition coefficient (Wildman–Crippen LogP) is 1.44. The molecule has 0 unspecified atom stereocenters. The number of methoxy groups -OCH3 is 2. The van der Waals surface area contributed by atoms with Crippen molar-refractivity contribution < 1.29 is 23.7 Å². The van der Waals surface area contributed by atoms with Crippen LogP contribution in [-0.4, -0.2) is 33.6 Å². The maximum absolute atomic E-state index is 11.7. The van der Waals surface area contributed by atoms with E-state index >= 15 is 0 Å². The Morgan fingerprint density at radius 2 is 1.83 bits per heavy atom. The Morgan fingerprint density at radius 3 is 2.39 bits per heavy atom. The maximum atomic E-state index is 11.7. The van der Waals surface area contributed by atoms with E-state index in [1.165, 1.54) is 26.4 Å². The van der Waals surface area contributed by atoms with Gasteiger partial charge in [0.2, 0.25) is 0 Å². The number of rotatable bonds is 6. The van der Waals surface area contributed by atoms with Gasteiger partial charge >= 0.3 is 5.97 Å². The topological polar surface area (TPSA) is 80.0 Å². The average molecular weight is 255 g/mol. The summed E-state index contributed by atoms with van der Waals surface area (Å²) in [6.45, 7) is 2.16. The fourth-order valence-corrected chi connectivity index (χ4v) is 1.33. The number of anilines is 1. The van der Waals surface area contributed by atoms with Gasteiger partial charge in [0.15, 0.2) is 18.3 Å². The van der Waals surface area contributed by atoms with E-state index in [-0.39, 0.29) is 18.0 Å². The molecule has 0 atom stereocenters. The van der Waals surface area contributed by atoms with Crippen molar-refractivity contribution in [3.63, 3.8) is 0 Å². The summed E-state index contributed by atoms with van der Waals surface area (Å²) in [5.41, 5.74) is 6.22. The van der Waals surface area contributed by atoms with E-state index in [2.05, 4.69) is 0 Å². The van der Waals surface area contributed by atoms with Gasteiger partial charge in [-0.05, 0) is 6.92 Å². The van der Waals surface area contributed by atoms with Crippen molar-refractivity contribution in [2.24, 2.45) is 0 Å². The van der Waals surface area contributed by atoms with Crippen LogP contribution in [-0.2, 0) is 9.47 Å². The van der Waals surface area contributed by atoms with Crippen molar-refractivity contribution in [3.8, 4) is 11.5 Å². The Balaban J connectivity index is 2.91. The highest BCUT2D eigenvalue weighted by molar-refractivity contribution is 5.96. The highest BCUT2D eigenvalue weighted by Gasteiger charge is 2.16. The second-order valence-corrected chi connectivity index (χ2v) is 3.34. The molecule has 1 aromatic carbocycles. The number of carbonyl (C=O) groups excluding carboxylic acids is 1. The first-order chi connectivity index (χ1) is 8.63. The molecule has 0 aliphatic carbocycles. The lowest BCUT2D eigenvalue weighted by Gasteiger charge is -2.12. The molecule has 6 nitrogen and oxygen atoms in total. The van der Waals surface area contributed by atoms with E-state index < -0.39 is 5.97 Å². The number of hydrogen-bond acceptors (Lipinski definition) is 6. The van der Waals surface area contributed by atoms with Gasteiger partial charge in [0, 0.05) is 18.7 Å². The molecule has 0 aromatic heterocycles. The molecule has 0 fully saturated rings. The van der Waals surface area contributed by atoms with Crippen LogP contribution in [0.2, 0.25) is 0 Å². The molecule has 0 radical (unpaired) electrons. The largest absolute Gasteiger partial charge is 0.493 e. The van der Waals surface area contributed by atoms with Gasteiger partial charge in [0.05, 0.1) is 25.5 Å². The Morgan fingerprint density at radius 1 is 1.22 bits per heavy atom. The summed E-state index contributed by atoms with van der Waals surface area (Å²) in [7, 11) is 2.97. The second kappa shape index (κ2) is 6.70. The van der Waals surface area contributed by atoms with Crippen molar-refractivity contribution in [1.29, 1.82) is 0 Å². The first kappa shape index (κ1) is 14.1. The van der Waals surface area contributed by atoms with Crippen LogP contribution in [0.5, 0.6) is 11.5 Å². The molecular weight excluding hydrogens is 238 g/mol. The van der Waals surface area contributed by atoms with Crippen LogP contribution < -0.4 is 15.2 Å². The van der Waals surface area contributed by atoms with Gasteiger partial charge in [-0.15, -0.1) is 0 Å². The predicted molar refractivity (Wildman–Crippen MR) is 65.9 cm³/mol. The van der Waals surface area contributed by atoms with Gasteiger partial charge < -0.3 is 24.7 Å². The lowest BCUT2D eigenvalue weighted by molar-refractivity contribution is -0.0273. The fraction of sp³-hybridized carbons (Fsp3) is 0.417. The Labute approximate surface area is 106 Å². The Kier molecular flexibility index (Phi) is 5.26. The summed E-state index contributed by atoms with van der Waals surface area (Å²) >= 11 is 0. The molecular formula is C12H17NO5. The zero-order chi connectivity index (χ0) is 13.5. The number of nitrogen functional groups attached to an aromatic ring is 1. The standard InChI is InChI=1S/C12H17NO5/c1-4-17-7-18-12(14)8-5-10(15-2)11(16-3)6-9(8)13/h5-6H,4,7,13H2,1-3H3. The highest BCUT2D eigenvalue weighted by Crippen LogP contribution is 2.32. The number of nitrogens with two attached hydrogens (primary N) is 1. The third-order valence-electron chi connectivity index (χ3n) is 2.25. The number of carbonyl (C=O) groups is 1. The molecule has 1 aromatic rings. The molecule has 2 N–H and O–H groups in total. The molecule has 0 amide bonds. The zero-order valence-corrected chi connectivity index (χ0v) is 10.7. The maximum Gasteiger partial charge on any atom is 0.342 e. The molecule has 0 aliphatic rings. The molecule has 0 spiro atoms. The fourth-order valence-electron chi connectivity index (χ4n) is 1.33. The van der Waals surface area contributed by atoms with Crippen LogP contribution in [0, 0.1) is 0 Å². The van der Waals surface area contributed by atoms with Gasteiger partial charge in [0.25, 0.3) is 0 Å². The number of hydrogen-bond donors (Lipinski definition) is 1. The second-order valence-electron chi connectivity index (χ2n) is 3.34. The zero-order valence-electron chi connectivity index (χ0n) is 10.7. The molecule has 0 aliphatic heterocycles. The number of benzene rings is 1. The summed E-state index contributed by atoms with van der Waals surface area (Å²) in [5, 5.41) is 0. The van der Waals surface area contributed by atoms with E-state index in [0.717, 1.165) is 0 Å². The van der Waals surface area contributed by atoms with Crippen LogP contribution in [0.3, 0.4) is 0 Å². The molecule has 0 bridgehead atoms. The van der Waals surface area contributed by atoms with Gasteiger partial charge in [-0.1, -0.05) is 0 Å². The molecule has 6 heteroatoms. The van der Waals surface area contributed by atoms with Crippen LogP contribution in [0.25, 0.3) is 0 Å². The van der Waals surface area contributed by atoms with Crippen molar-refractivity contribution in [3.05, 3.63) is 17.7 Å². The average Bonchev–Trinajstić information content (AvgIpc) is 2.38. The third kappa shape index (κ3) is 3.27. The van der Waals surface area contributed by atoms with Gasteiger partial charge in [-0.2, -0.15) is 0 Å². The minimum Gasteiger partial charge on any atom is -0.493 e. The van der Waals surface area contributed by atoms with Crippen LogP contribution in [0.15, 0.2) is 12.1 Å². The first-order valence-electron chi connectivity index (χ1n) is 5.40. The Hall–Kier alpha value is -1.95. The van der Waals surface area contributed by atoms with Crippen molar-refractivity contribution >= 4 is 11.7 Å². The molecule has 1 rings (SSSR count). The van der Waals surface area contributed by atoms with Crippen LogP contribution in [0.1, 0.15) is 17.3 Å². The van der Waals surface area contributed by atoms with Crippen molar-refractivity contribution in [2.45, 2.75) is 6.92 Å². The monoisotopic (exact) mass is 255 g/mol. The van der Waals surface area contributed by atoms with Crippen LogP contribution >= 0.6 is 0 Å². The smallest absolute Gasteiger partial charge is 0.342 e. The van der Waals surface area contributed by atoms with E-state index in [1.807, 2.05) is 0 Å². The van der Waals surface area contributed by atoms with E-state index in [4.69, 9.17) is 24.7 Å².